The van der Waals surface area contributed by atoms with Crippen LogP contribution in [0.15, 0.2) is 109 Å². The fraction of sp³-hybridized carbons (Fsp3) is 0.0625. The molecule has 0 atom stereocenters. The third kappa shape index (κ3) is 2.66. The molecule has 34 heavy (non-hydrogen) atoms. The summed E-state index contributed by atoms with van der Waals surface area (Å²) in [5.41, 5.74) is 3.78. The first-order valence-corrected chi connectivity index (χ1v) is 14.4. The Bertz CT molecular complexity index is 1870. The largest absolute Gasteiger partial charge is 0.309 e. The minimum absolute atomic E-state index is 0.477. The molecule has 0 aliphatic rings. The molecule has 6 aromatic carbocycles. The Hall–Kier alpha value is -3.88. The number of hydrogen-bond donors (Lipinski definition) is 0. The highest BCUT2D eigenvalue weighted by Crippen LogP contribution is 2.44. The summed E-state index contributed by atoms with van der Waals surface area (Å²) in [4.78, 5) is 0. The second-order valence-electron chi connectivity index (χ2n) is 9.38. The Labute approximate surface area is 200 Å². The average molecular weight is 451 g/mol. The van der Waals surface area contributed by atoms with Crippen LogP contribution in [0.4, 0.5) is 0 Å². The topological polar surface area (TPSA) is 4.93 Å². The standard InChI is InChI=1S/C32H24NSi/c1-34(2)23-18-16-22(17-19-23)33-29-14-8-7-13-28(29)31-30-24-10-4-3-9-21(24)15-20-26(30)25-11-5-6-12-27(25)32(31)33/h3-20H,1-2H3. The summed E-state index contributed by atoms with van der Waals surface area (Å²) in [5, 5.41) is 12.0. The SMILES string of the molecule is C[Si](C)c1ccc(-n2c3ccccc3c3c4c5ccccc5ccc4c4ccccc4c32)cc1. The van der Waals surface area contributed by atoms with E-state index in [0.717, 1.165) is 0 Å². The molecule has 0 aliphatic heterocycles. The number of fused-ring (bicyclic) bond motifs is 10. The van der Waals surface area contributed by atoms with Crippen LogP contribution in [0.1, 0.15) is 0 Å². The van der Waals surface area contributed by atoms with Gasteiger partial charge >= 0.3 is 0 Å². The molecule has 1 radical (unpaired) electrons. The monoisotopic (exact) mass is 450 g/mol. The lowest BCUT2D eigenvalue weighted by Gasteiger charge is -2.14. The van der Waals surface area contributed by atoms with Crippen molar-refractivity contribution in [2.75, 3.05) is 0 Å². The van der Waals surface area contributed by atoms with Gasteiger partial charge in [-0.1, -0.05) is 109 Å². The summed E-state index contributed by atoms with van der Waals surface area (Å²) in [6.07, 6.45) is 0. The van der Waals surface area contributed by atoms with Crippen LogP contribution in [0.2, 0.25) is 13.1 Å². The molecule has 1 heterocycles. The minimum atomic E-state index is -0.477. The molecule has 1 aromatic heterocycles. The Morgan fingerprint density at radius 3 is 1.91 bits per heavy atom. The predicted molar refractivity (Wildman–Crippen MR) is 150 cm³/mol. The number of hydrogen-bond acceptors (Lipinski definition) is 0. The Kier molecular flexibility index (Phi) is 4.21. The van der Waals surface area contributed by atoms with Gasteiger partial charge in [-0.2, -0.15) is 0 Å². The van der Waals surface area contributed by atoms with Gasteiger partial charge < -0.3 is 4.57 Å². The van der Waals surface area contributed by atoms with Crippen LogP contribution in [0.25, 0.3) is 59.8 Å². The average Bonchev–Trinajstić information content (AvgIpc) is 3.24. The van der Waals surface area contributed by atoms with Crippen molar-refractivity contribution in [2.24, 2.45) is 0 Å². The van der Waals surface area contributed by atoms with Gasteiger partial charge in [0.15, 0.2) is 0 Å². The normalized spacial score (nSPS) is 12.1. The van der Waals surface area contributed by atoms with Gasteiger partial charge in [0.25, 0.3) is 0 Å². The number of benzene rings is 6. The van der Waals surface area contributed by atoms with E-state index < -0.39 is 8.80 Å². The number of para-hydroxylation sites is 1. The molecule has 0 fully saturated rings. The lowest BCUT2D eigenvalue weighted by atomic mass is 9.93. The highest BCUT2D eigenvalue weighted by molar-refractivity contribution is 6.70. The van der Waals surface area contributed by atoms with Crippen molar-refractivity contribution in [1.29, 1.82) is 0 Å². The maximum atomic E-state index is 2.48. The van der Waals surface area contributed by atoms with Crippen LogP contribution in [-0.4, -0.2) is 13.4 Å². The van der Waals surface area contributed by atoms with Crippen LogP contribution in [0.3, 0.4) is 0 Å². The molecule has 0 aliphatic carbocycles. The van der Waals surface area contributed by atoms with Crippen LogP contribution in [0.5, 0.6) is 0 Å². The summed E-state index contributed by atoms with van der Waals surface area (Å²) in [5.74, 6) is 0. The van der Waals surface area contributed by atoms with Gasteiger partial charge in [-0.3, -0.25) is 0 Å². The molecule has 0 saturated carbocycles. The van der Waals surface area contributed by atoms with Crippen molar-refractivity contribution in [3.63, 3.8) is 0 Å². The molecule has 161 valence electrons. The lowest BCUT2D eigenvalue weighted by molar-refractivity contribution is 1.19. The van der Waals surface area contributed by atoms with Gasteiger partial charge in [0.05, 0.1) is 19.8 Å². The van der Waals surface area contributed by atoms with Crippen LogP contribution >= 0.6 is 0 Å². The maximum Gasteiger partial charge on any atom is 0.0791 e. The Morgan fingerprint density at radius 1 is 0.500 bits per heavy atom. The zero-order chi connectivity index (χ0) is 22.8. The quantitative estimate of drug-likeness (QED) is 0.185. The molecule has 1 nitrogen and oxygen atoms in total. The first kappa shape index (κ1) is 19.6. The molecule has 0 amide bonds. The number of nitrogens with zero attached hydrogens (tertiary/aromatic N) is 1. The van der Waals surface area contributed by atoms with E-state index in [9.17, 15) is 0 Å². The molecule has 2 heteroatoms. The van der Waals surface area contributed by atoms with Crippen LogP contribution < -0.4 is 5.19 Å². The zero-order valence-corrected chi connectivity index (χ0v) is 20.3. The first-order valence-electron chi connectivity index (χ1n) is 11.9. The van der Waals surface area contributed by atoms with Crippen molar-refractivity contribution in [1.82, 2.24) is 4.57 Å². The van der Waals surface area contributed by atoms with Gasteiger partial charge in [-0.15, -0.1) is 0 Å². The summed E-state index contributed by atoms with van der Waals surface area (Å²) in [7, 11) is -0.477. The lowest BCUT2D eigenvalue weighted by Crippen LogP contribution is -2.21. The van der Waals surface area contributed by atoms with E-state index in [0.29, 0.717) is 0 Å². The molecular formula is C32H24NSi. The van der Waals surface area contributed by atoms with Gasteiger partial charge in [0.2, 0.25) is 0 Å². The van der Waals surface area contributed by atoms with Gasteiger partial charge in [0.1, 0.15) is 0 Å². The van der Waals surface area contributed by atoms with Crippen LogP contribution in [-0.2, 0) is 0 Å². The van der Waals surface area contributed by atoms with E-state index in [2.05, 4.69) is 127 Å². The molecule has 7 rings (SSSR count). The fourth-order valence-corrected chi connectivity index (χ4v) is 6.48. The maximum absolute atomic E-state index is 2.48. The summed E-state index contributed by atoms with van der Waals surface area (Å²) >= 11 is 0. The van der Waals surface area contributed by atoms with Crippen molar-refractivity contribution in [3.8, 4) is 5.69 Å². The second kappa shape index (κ2) is 7.31. The Balaban J connectivity index is 1.78. The summed E-state index contributed by atoms with van der Waals surface area (Å²) < 4.78 is 2.48. The van der Waals surface area contributed by atoms with E-state index in [1.165, 1.54) is 65.0 Å². The highest BCUT2D eigenvalue weighted by Gasteiger charge is 2.20. The second-order valence-corrected chi connectivity index (χ2v) is 12.0. The van der Waals surface area contributed by atoms with E-state index in [-0.39, 0.29) is 0 Å². The van der Waals surface area contributed by atoms with Gasteiger partial charge in [-0.05, 0) is 39.7 Å². The van der Waals surface area contributed by atoms with E-state index in [1.54, 1.807) is 0 Å². The van der Waals surface area contributed by atoms with Crippen molar-refractivity contribution in [3.05, 3.63) is 109 Å². The van der Waals surface area contributed by atoms with E-state index >= 15 is 0 Å². The van der Waals surface area contributed by atoms with E-state index in [1.807, 2.05) is 0 Å². The molecule has 0 bridgehead atoms. The minimum Gasteiger partial charge on any atom is -0.309 e. The van der Waals surface area contributed by atoms with Crippen molar-refractivity contribution >= 4 is 68.1 Å². The van der Waals surface area contributed by atoms with Gasteiger partial charge in [0, 0.05) is 27.2 Å². The number of aromatic nitrogens is 1. The molecule has 0 saturated heterocycles. The first-order chi connectivity index (χ1) is 16.7. The predicted octanol–water partition coefficient (Wildman–Crippen LogP) is 8.20. The van der Waals surface area contributed by atoms with Crippen molar-refractivity contribution < 1.29 is 0 Å². The van der Waals surface area contributed by atoms with Gasteiger partial charge in [-0.25, -0.2) is 0 Å². The third-order valence-electron chi connectivity index (χ3n) is 7.23. The summed E-state index contributed by atoms with van der Waals surface area (Å²) in [6, 6.07) is 40.4. The Morgan fingerprint density at radius 2 is 1.15 bits per heavy atom. The molecular weight excluding hydrogens is 426 g/mol. The third-order valence-corrected chi connectivity index (χ3v) is 8.72. The number of rotatable bonds is 2. The van der Waals surface area contributed by atoms with Crippen molar-refractivity contribution in [2.45, 2.75) is 13.1 Å². The zero-order valence-electron chi connectivity index (χ0n) is 19.3. The van der Waals surface area contributed by atoms with Crippen LogP contribution in [0, 0.1) is 0 Å². The fourth-order valence-electron chi connectivity index (χ4n) is 5.65. The molecule has 0 spiro atoms. The van der Waals surface area contributed by atoms with E-state index in [4.69, 9.17) is 0 Å². The molecule has 0 unspecified atom stereocenters. The molecule has 7 aromatic rings. The smallest absolute Gasteiger partial charge is 0.0791 e. The molecule has 0 N–H and O–H groups in total. The summed E-state index contributed by atoms with van der Waals surface area (Å²) in [6.45, 7) is 4.70. The highest BCUT2D eigenvalue weighted by atomic mass is 28.3.